The molecule has 5 nitrogen and oxygen atoms in total. The number of benzene rings is 2. The van der Waals surface area contributed by atoms with Gasteiger partial charge in [-0.15, -0.1) is 0 Å². The highest BCUT2D eigenvalue weighted by Crippen LogP contribution is 2.28. The average Bonchev–Trinajstić information content (AvgIpc) is 2.60. The smallest absolute Gasteiger partial charge is 0.244 e. The Kier molecular flexibility index (Phi) is 4.07. The van der Waals surface area contributed by atoms with Crippen LogP contribution in [0.1, 0.15) is 16.7 Å². The molecule has 0 aromatic heterocycles. The molecule has 3 rings (SSSR count). The summed E-state index contributed by atoms with van der Waals surface area (Å²) in [6.07, 6.45) is 0.625. The third kappa shape index (κ3) is 2.81. The van der Waals surface area contributed by atoms with E-state index in [2.05, 4.69) is 0 Å². The van der Waals surface area contributed by atoms with Crippen molar-refractivity contribution in [3.05, 3.63) is 59.2 Å². The molecule has 1 aliphatic heterocycles. The molecule has 0 unspecified atom stereocenters. The first-order valence-corrected chi connectivity index (χ1v) is 8.65. The zero-order valence-electron chi connectivity index (χ0n) is 12.7. The van der Waals surface area contributed by atoms with Gasteiger partial charge < -0.3 is 4.74 Å². The minimum atomic E-state index is -3.68. The van der Waals surface area contributed by atoms with Crippen LogP contribution in [0.3, 0.4) is 0 Å². The number of hydrogen-bond donors (Lipinski definition) is 0. The lowest BCUT2D eigenvalue weighted by Gasteiger charge is -2.28. The van der Waals surface area contributed by atoms with E-state index in [1.54, 1.807) is 19.2 Å². The maximum Gasteiger partial charge on any atom is 0.244 e. The fourth-order valence-electron chi connectivity index (χ4n) is 2.76. The molecule has 1 heterocycles. The first kappa shape index (κ1) is 15.5. The summed E-state index contributed by atoms with van der Waals surface area (Å²) in [5.41, 5.74) is 2.24. The van der Waals surface area contributed by atoms with Crippen molar-refractivity contribution in [3.63, 3.8) is 0 Å². The van der Waals surface area contributed by atoms with Crippen LogP contribution in [0.15, 0.2) is 47.4 Å². The van der Waals surface area contributed by atoms with Crippen molar-refractivity contribution in [1.82, 2.24) is 4.31 Å². The van der Waals surface area contributed by atoms with Crippen LogP contribution < -0.4 is 4.74 Å². The molecule has 0 saturated carbocycles. The average molecular weight is 328 g/mol. The quantitative estimate of drug-likeness (QED) is 0.867. The Morgan fingerprint density at radius 3 is 2.70 bits per heavy atom. The summed E-state index contributed by atoms with van der Waals surface area (Å²) in [6, 6.07) is 13.9. The highest BCUT2D eigenvalue weighted by atomic mass is 32.2. The van der Waals surface area contributed by atoms with Gasteiger partial charge in [-0.3, -0.25) is 0 Å². The zero-order valence-corrected chi connectivity index (χ0v) is 13.5. The van der Waals surface area contributed by atoms with Crippen LogP contribution in [0.4, 0.5) is 0 Å². The monoisotopic (exact) mass is 328 g/mol. The standard InChI is InChI=1S/C17H16N2O3S/c1-22-16-7-6-15-12-19(9-8-13(15)10-16)23(20,21)17-5-3-2-4-14(17)11-18/h2-7,10H,8-9,12H2,1H3. The zero-order chi connectivity index (χ0) is 16.4. The summed E-state index contributed by atoms with van der Waals surface area (Å²) >= 11 is 0. The van der Waals surface area contributed by atoms with Crippen molar-refractivity contribution >= 4 is 10.0 Å². The van der Waals surface area contributed by atoms with Gasteiger partial charge in [0.25, 0.3) is 0 Å². The van der Waals surface area contributed by atoms with Gasteiger partial charge in [-0.1, -0.05) is 18.2 Å². The van der Waals surface area contributed by atoms with Crippen LogP contribution in [0, 0.1) is 11.3 Å². The summed E-state index contributed by atoms with van der Waals surface area (Å²) in [7, 11) is -2.07. The normalized spacial score (nSPS) is 14.8. The Hall–Kier alpha value is -2.36. The van der Waals surface area contributed by atoms with Crippen LogP contribution >= 0.6 is 0 Å². The molecule has 0 bridgehead atoms. The molecule has 1 aliphatic rings. The van der Waals surface area contributed by atoms with Crippen molar-refractivity contribution in [2.24, 2.45) is 0 Å². The number of fused-ring (bicyclic) bond motifs is 1. The molecule has 0 spiro atoms. The number of nitrogens with zero attached hydrogens (tertiary/aromatic N) is 2. The fraction of sp³-hybridized carbons (Fsp3) is 0.235. The van der Waals surface area contributed by atoms with E-state index < -0.39 is 10.0 Å². The summed E-state index contributed by atoms with van der Waals surface area (Å²) < 4.78 is 32.3. The molecule has 2 aromatic carbocycles. The Balaban J connectivity index is 1.95. The predicted octanol–water partition coefficient (Wildman–Crippen LogP) is 2.31. The molecule has 0 saturated heterocycles. The van der Waals surface area contributed by atoms with Crippen molar-refractivity contribution in [2.45, 2.75) is 17.9 Å². The van der Waals surface area contributed by atoms with Gasteiger partial charge in [-0.2, -0.15) is 9.57 Å². The largest absolute Gasteiger partial charge is 0.497 e. The van der Waals surface area contributed by atoms with E-state index >= 15 is 0 Å². The van der Waals surface area contributed by atoms with E-state index in [0.717, 1.165) is 16.9 Å². The number of nitriles is 1. The van der Waals surface area contributed by atoms with Gasteiger partial charge in [-0.25, -0.2) is 8.42 Å². The van der Waals surface area contributed by atoms with Gasteiger partial charge in [0.15, 0.2) is 0 Å². The minimum Gasteiger partial charge on any atom is -0.497 e. The van der Waals surface area contributed by atoms with Gasteiger partial charge in [-0.05, 0) is 41.8 Å². The Labute approximate surface area is 135 Å². The van der Waals surface area contributed by atoms with Crippen LogP contribution in [0.25, 0.3) is 0 Å². The summed E-state index contributed by atoms with van der Waals surface area (Å²) in [6.45, 7) is 0.698. The van der Waals surface area contributed by atoms with E-state index in [-0.39, 0.29) is 10.5 Å². The van der Waals surface area contributed by atoms with Gasteiger partial charge in [0.1, 0.15) is 11.8 Å². The summed E-state index contributed by atoms with van der Waals surface area (Å²) in [5.74, 6) is 0.773. The lowest BCUT2D eigenvalue weighted by atomic mass is 10.0. The first-order chi connectivity index (χ1) is 11.1. The SMILES string of the molecule is COc1ccc2c(c1)CCN(S(=O)(=O)c1ccccc1C#N)C2. The van der Waals surface area contributed by atoms with E-state index in [4.69, 9.17) is 10.00 Å². The van der Waals surface area contributed by atoms with Crippen LogP contribution in [0.5, 0.6) is 5.75 Å². The number of ether oxygens (including phenoxy) is 1. The number of sulfonamides is 1. The third-order valence-electron chi connectivity index (χ3n) is 4.02. The molecule has 118 valence electrons. The van der Waals surface area contributed by atoms with Crippen LogP contribution in [-0.4, -0.2) is 26.4 Å². The molecular formula is C17H16N2O3S. The molecule has 23 heavy (non-hydrogen) atoms. The highest BCUT2D eigenvalue weighted by molar-refractivity contribution is 7.89. The predicted molar refractivity (Wildman–Crippen MR) is 85.5 cm³/mol. The topological polar surface area (TPSA) is 70.4 Å². The van der Waals surface area contributed by atoms with E-state index in [0.29, 0.717) is 19.5 Å². The second kappa shape index (κ2) is 6.03. The molecule has 6 heteroatoms. The summed E-state index contributed by atoms with van der Waals surface area (Å²) in [4.78, 5) is 0.0689. The molecule has 0 atom stereocenters. The molecule has 0 aliphatic carbocycles. The van der Waals surface area contributed by atoms with Crippen molar-refractivity contribution < 1.29 is 13.2 Å². The fourth-order valence-corrected chi connectivity index (χ4v) is 4.32. The lowest BCUT2D eigenvalue weighted by molar-refractivity contribution is 0.386. The first-order valence-electron chi connectivity index (χ1n) is 7.21. The lowest BCUT2D eigenvalue weighted by Crippen LogP contribution is -2.36. The Morgan fingerprint density at radius 2 is 1.96 bits per heavy atom. The van der Waals surface area contributed by atoms with Crippen LogP contribution in [-0.2, 0) is 23.0 Å². The van der Waals surface area contributed by atoms with Crippen molar-refractivity contribution in [1.29, 1.82) is 5.26 Å². The maximum atomic E-state index is 12.8. The Morgan fingerprint density at radius 1 is 1.17 bits per heavy atom. The van der Waals surface area contributed by atoms with Gasteiger partial charge in [0.2, 0.25) is 10.0 Å². The molecule has 0 N–H and O–H groups in total. The number of hydrogen-bond acceptors (Lipinski definition) is 4. The molecule has 2 aromatic rings. The van der Waals surface area contributed by atoms with Gasteiger partial charge in [0.05, 0.1) is 17.6 Å². The van der Waals surface area contributed by atoms with Crippen LogP contribution in [0.2, 0.25) is 0 Å². The van der Waals surface area contributed by atoms with Crippen molar-refractivity contribution in [3.8, 4) is 11.8 Å². The number of rotatable bonds is 3. The molecular weight excluding hydrogens is 312 g/mol. The van der Waals surface area contributed by atoms with Gasteiger partial charge >= 0.3 is 0 Å². The second-order valence-electron chi connectivity index (χ2n) is 5.33. The minimum absolute atomic E-state index is 0.0689. The van der Waals surface area contributed by atoms with E-state index in [1.807, 2.05) is 24.3 Å². The van der Waals surface area contributed by atoms with Gasteiger partial charge in [0, 0.05) is 13.1 Å². The molecule has 0 amide bonds. The molecule has 0 fully saturated rings. The van der Waals surface area contributed by atoms with E-state index in [1.165, 1.54) is 16.4 Å². The Bertz CT molecular complexity index is 885. The number of methoxy groups -OCH3 is 1. The van der Waals surface area contributed by atoms with E-state index in [9.17, 15) is 8.42 Å². The highest BCUT2D eigenvalue weighted by Gasteiger charge is 2.30. The molecule has 0 radical (unpaired) electrons. The second-order valence-corrected chi connectivity index (χ2v) is 7.24. The summed E-state index contributed by atoms with van der Waals surface area (Å²) in [5, 5.41) is 9.15. The third-order valence-corrected chi connectivity index (χ3v) is 5.92. The van der Waals surface area contributed by atoms with Crippen molar-refractivity contribution in [2.75, 3.05) is 13.7 Å². The maximum absolute atomic E-state index is 12.8.